The summed E-state index contributed by atoms with van der Waals surface area (Å²) in [6.07, 6.45) is 0. The van der Waals surface area contributed by atoms with Crippen LogP contribution in [0.2, 0.25) is 0 Å². The van der Waals surface area contributed by atoms with Gasteiger partial charge in [0.2, 0.25) is 0 Å². The quantitative estimate of drug-likeness (QED) is 0.876. The summed E-state index contributed by atoms with van der Waals surface area (Å²) in [5, 5.41) is 10.5. The van der Waals surface area contributed by atoms with Gasteiger partial charge in [-0.2, -0.15) is 0 Å². The smallest absolute Gasteiger partial charge is 0.265 e. The number of amides is 1. The molecule has 1 rings (SSSR count). The van der Waals surface area contributed by atoms with Gasteiger partial charge >= 0.3 is 0 Å². The Hall–Kier alpha value is -0.940. The van der Waals surface area contributed by atoms with Crippen LogP contribution in [0.4, 0.5) is 0 Å². The minimum Gasteiger partial charge on any atom is -0.389 e. The second kappa shape index (κ2) is 4.51. The van der Waals surface area contributed by atoms with E-state index >= 15 is 0 Å². The van der Waals surface area contributed by atoms with Crippen molar-refractivity contribution in [1.82, 2.24) is 9.88 Å². The number of nitrogens with zero attached hydrogens (tertiary/aromatic N) is 2. The summed E-state index contributed by atoms with van der Waals surface area (Å²) < 4.78 is 0. The van der Waals surface area contributed by atoms with Crippen LogP contribution >= 0.6 is 11.3 Å². The fourth-order valence-electron chi connectivity index (χ4n) is 1.56. The van der Waals surface area contributed by atoms with Crippen LogP contribution in [-0.2, 0) is 0 Å². The van der Waals surface area contributed by atoms with E-state index in [1.165, 1.54) is 16.2 Å². The third-order valence-corrected chi connectivity index (χ3v) is 3.13. The van der Waals surface area contributed by atoms with Crippen molar-refractivity contribution in [2.45, 2.75) is 33.3 Å². The first-order chi connectivity index (χ1) is 7.20. The lowest BCUT2D eigenvalue weighted by Gasteiger charge is -2.25. The van der Waals surface area contributed by atoms with Crippen LogP contribution in [0.1, 0.15) is 34.2 Å². The normalized spacial score (nSPS) is 11.6. The van der Waals surface area contributed by atoms with E-state index in [9.17, 15) is 9.90 Å². The molecule has 0 saturated carbocycles. The molecule has 1 aromatic heterocycles. The van der Waals surface area contributed by atoms with Crippen molar-refractivity contribution in [1.29, 1.82) is 0 Å². The number of carbonyl (C=O) groups excluding carboxylic acids is 1. The van der Waals surface area contributed by atoms with Crippen molar-refractivity contribution >= 4 is 17.2 Å². The first kappa shape index (κ1) is 13.1. The molecule has 1 heterocycles. The Bertz CT molecular complexity index is 393. The van der Waals surface area contributed by atoms with Gasteiger partial charge in [-0.15, -0.1) is 11.3 Å². The molecule has 0 aromatic carbocycles. The maximum atomic E-state index is 12.0. The minimum absolute atomic E-state index is 0.0785. The number of aliphatic hydroxyl groups is 1. The summed E-state index contributed by atoms with van der Waals surface area (Å²) in [5.41, 5.74) is -0.118. The Morgan fingerprint density at radius 1 is 1.50 bits per heavy atom. The van der Waals surface area contributed by atoms with E-state index < -0.39 is 5.60 Å². The van der Waals surface area contributed by atoms with Gasteiger partial charge in [0.15, 0.2) is 0 Å². The van der Waals surface area contributed by atoms with Crippen molar-refractivity contribution in [3.05, 3.63) is 15.6 Å². The highest BCUT2D eigenvalue weighted by Gasteiger charge is 2.23. The van der Waals surface area contributed by atoms with Gasteiger partial charge in [0.25, 0.3) is 5.91 Å². The molecular formula is C11H18N2O2S. The Balaban J connectivity index is 2.82. The van der Waals surface area contributed by atoms with Crippen LogP contribution in [0.5, 0.6) is 0 Å². The van der Waals surface area contributed by atoms with E-state index in [1.807, 2.05) is 13.8 Å². The molecule has 4 nitrogen and oxygen atoms in total. The molecule has 1 aromatic rings. The van der Waals surface area contributed by atoms with Crippen molar-refractivity contribution in [3.8, 4) is 0 Å². The number of hydrogen-bond donors (Lipinski definition) is 1. The van der Waals surface area contributed by atoms with Crippen LogP contribution in [0, 0.1) is 13.8 Å². The molecule has 0 aliphatic heterocycles. The van der Waals surface area contributed by atoms with Gasteiger partial charge in [-0.05, 0) is 27.7 Å². The lowest BCUT2D eigenvalue weighted by molar-refractivity contribution is 0.0370. The predicted molar refractivity (Wildman–Crippen MR) is 64.8 cm³/mol. The lowest BCUT2D eigenvalue weighted by Crippen LogP contribution is -2.39. The van der Waals surface area contributed by atoms with Crippen molar-refractivity contribution in [2.24, 2.45) is 0 Å². The average Bonchev–Trinajstić information content (AvgIpc) is 2.41. The summed E-state index contributed by atoms with van der Waals surface area (Å²) in [6.45, 7) is 7.38. The van der Waals surface area contributed by atoms with Gasteiger partial charge in [-0.3, -0.25) is 4.79 Å². The standard InChI is InChI=1S/C11H18N2O2S/c1-7-9(16-8(2)12-7)10(14)13(5)6-11(3,4)15/h15H,6H2,1-5H3. The maximum Gasteiger partial charge on any atom is 0.265 e. The third-order valence-electron chi connectivity index (χ3n) is 2.07. The Morgan fingerprint density at radius 2 is 2.06 bits per heavy atom. The highest BCUT2D eigenvalue weighted by atomic mass is 32.1. The van der Waals surface area contributed by atoms with Crippen LogP contribution < -0.4 is 0 Å². The number of thiazole rings is 1. The molecule has 0 atom stereocenters. The monoisotopic (exact) mass is 242 g/mol. The van der Waals surface area contributed by atoms with Gasteiger partial charge < -0.3 is 10.0 Å². The number of carbonyl (C=O) groups is 1. The van der Waals surface area contributed by atoms with E-state index in [1.54, 1.807) is 20.9 Å². The predicted octanol–water partition coefficient (Wildman–Crippen LogP) is 1.60. The van der Waals surface area contributed by atoms with E-state index in [0.29, 0.717) is 11.4 Å². The SMILES string of the molecule is Cc1nc(C)c(C(=O)N(C)CC(C)(C)O)s1. The van der Waals surface area contributed by atoms with E-state index in [2.05, 4.69) is 4.98 Å². The summed E-state index contributed by atoms with van der Waals surface area (Å²) in [7, 11) is 1.69. The molecule has 0 saturated heterocycles. The number of hydrogen-bond acceptors (Lipinski definition) is 4. The molecule has 90 valence electrons. The summed E-state index contributed by atoms with van der Waals surface area (Å²) >= 11 is 1.39. The highest BCUT2D eigenvalue weighted by molar-refractivity contribution is 7.13. The van der Waals surface area contributed by atoms with Gasteiger partial charge in [-0.25, -0.2) is 4.98 Å². The zero-order chi connectivity index (χ0) is 12.5. The van der Waals surface area contributed by atoms with Crippen LogP contribution in [0.15, 0.2) is 0 Å². The molecule has 0 fully saturated rings. The van der Waals surface area contributed by atoms with E-state index in [0.717, 1.165) is 10.7 Å². The van der Waals surface area contributed by atoms with Crippen molar-refractivity contribution in [2.75, 3.05) is 13.6 Å². The minimum atomic E-state index is -0.877. The third kappa shape index (κ3) is 3.28. The number of aromatic nitrogens is 1. The first-order valence-corrected chi connectivity index (χ1v) is 5.94. The van der Waals surface area contributed by atoms with E-state index in [-0.39, 0.29) is 5.91 Å². The molecule has 1 amide bonds. The Kier molecular flexibility index (Phi) is 3.70. The van der Waals surface area contributed by atoms with Gasteiger partial charge in [0.1, 0.15) is 4.88 Å². The molecule has 0 bridgehead atoms. The largest absolute Gasteiger partial charge is 0.389 e. The van der Waals surface area contributed by atoms with Crippen LogP contribution in [0.25, 0.3) is 0 Å². The number of rotatable bonds is 3. The average molecular weight is 242 g/mol. The molecule has 0 radical (unpaired) electrons. The second-order valence-electron chi connectivity index (χ2n) is 4.62. The molecule has 5 heteroatoms. The van der Waals surface area contributed by atoms with Crippen molar-refractivity contribution < 1.29 is 9.90 Å². The molecule has 1 N–H and O–H groups in total. The van der Waals surface area contributed by atoms with Gasteiger partial charge in [0, 0.05) is 13.6 Å². The molecular weight excluding hydrogens is 224 g/mol. The van der Waals surface area contributed by atoms with E-state index in [4.69, 9.17) is 0 Å². The van der Waals surface area contributed by atoms with Crippen molar-refractivity contribution in [3.63, 3.8) is 0 Å². The maximum absolute atomic E-state index is 12.0. The highest BCUT2D eigenvalue weighted by Crippen LogP contribution is 2.19. The topological polar surface area (TPSA) is 53.4 Å². The Morgan fingerprint density at radius 3 is 2.44 bits per heavy atom. The van der Waals surface area contributed by atoms with Crippen LogP contribution in [-0.4, -0.2) is 40.1 Å². The molecule has 0 unspecified atom stereocenters. The number of likely N-dealkylation sites (N-methyl/N-ethyl adjacent to an activating group) is 1. The lowest BCUT2D eigenvalue weighted by atomic mass is 10.1. The van der Waals surface area contributed by atoms with Gasteiger partial charge in [-0.1, -0.05) is 0 Å². The molecule has 0 aliphatic carbocycles. The van der Waals surface area contributed by atoms with Gasteiger partial charge in [0.05, 0.1) is 16.3 Å². The number of aryl methyl sites for hydroxylation is 2. The zero-order valence-electron chi connectivity index (χ0n) is 10.4. The Labute approximate surface area is 99.9 Å². The summed E-state index contributed by atoms with van der Waals surface area (Å²) in [6, 6.07) is 0. The van der Waals surface area contributed by atoms with Crippen LogP contribution in [0.3, 0.4) is 0 Å². The fourth-order valence-corrected chi connectivity index (χ4v) is 2.47. The first-order valence-electron chi connectivity index (χ1n) is 5.12. The summed E-state index contributed by atoms with van der Waals surface area (Å²) in [5.74, 6) is -0.0785. The fraction of sp³-hybridized carbons (Fsp3) is 0.636. The summed E-state index contributed by atoms with van der Waals surface area (Å²) in [4.78, 5) is 18.4. The molecule has 0 aliphatic rings. The molecule has 16 heavy (non-hydrogen) atoms. The molecule has 0 spiro atoms. The second-order valence-corrected chi connectivity index (χ2v) is 5.82. The zero-order valence-corrected chi connectivity index (χ0v) is 11.2.